The predicted octanol–water partition coefficient (Wildman–Crippen LogP) is 2.48. The number of anilines is 1. The largest absolute Gasteiger partial charge is 0.344 e. The fourth-order valence-corrected chi connectivity index (χ4v) is 3.70. The summed E-state index contributed by atoms with van der Waals surface area (Å²) in [4.78, 5) is 23.1. The van der Waals surface area contributed by atoms with Gasteiger partial charge in [0.2, 0.25) is 11.8 Å². The summed E-state index contributed by atoms with van der Waals surface area (Å²) in [5, 5.41) is 5.37. The summed E-state index contributed by atoms with van der Waals surface area (Å²) < 4.78 is 0. The SMILES string of the molecule is CC(=O)N[C@@H](CS)C(=O)Nc1ccc(C[Si](C)(C)C)cc1. The summed E-state index contributed by atoms with van der Waals surface area (Å²) >= 11 is 4.09. The van der Waals surface area contributed by atoms with E-state index in [2.05, 4.69) is 42.9 Å². The van der Waals surface area contributed by atoms with Crippen LogP contribution in [0.25, 0.3) is 0 Å². The highest BCUT2D eigenvalue weighted by Crippen LogP contribution is 2.15. The van der Waals surface area contributed by atoms with E-state index in [1.54, 1.807) is 0 Å². The van der Waals surface area contributed by atoms with Gasteiger partial charge in [-0.1, -0.05) is 37.3 Å². The number of rotatable bonds is 6. The summed E-state index contributed by atoms with van der Waals surface area (Å²) in [6.07, 6.45) is 0. The van der Waals surface area contributed by atoms with Crippen molar-refractivity contribution in [1.82, 2.24) is 5.32 Å². The Morgan fingerprint density at radius 2 is 1.76 bits per heavy atom. The molecule has 0 saturated heterocycles. The topological polar surface area (TPSA) is 58.2 Å². The number of hydrogen-bond acceptors (Lipinski definition) is 3. The number of amides is 2. The molecular formula is C15H24N2O2SSi. The van der Waals surface area contributed by atoms with Crippen LogP contribution in [-0.4, -0.2) is 31.7 Å². The van der Waals surface area contributed by atoms with Crippen LogP contribution >= 0.6 is 12.6 Å². The minimum atomic E-state index is -1.13. The van der Waals surface area contributed by atoms with Gasteiger partial charge in [0.1, 0.15) is 6.04 Å². The maximum Gasteiger partial charge on any atom is 0.247 e. The smallest absolute Gasteiger partial charge is 0.247 e. The maximum absolute atomic E-state index is 12.0. The molecule has 0 aromatic heterocycles. The Bertz CT molecular complexity index is 497. The van der Waals surface area contributed by atoms with E-state index >= 15 is 0 Å². The van der Waals surface area contributed by atoms with Crippen LogP contribution in [0.2, 0.25) is 19.6 Å². The van der Waals surface area contributed by atoms with Crippen molar-refractivity contribution in [3.8, 4) is 0 Å². The molecule has 1 atom stereocenters. The molecule has 0 aliphatic carbocycles. The van der Waals surface area contributed by atoms with E-state index in [4.69, 9.17) is 0 Å². The normalized spacial score (nSPS) is 12.6. The van der Waals surface area contributed by atoms with Gasteiger partial charge in [0, 0.05) is 26.4 Å². The van der Waals surface area contributed by atoms with Crippen LogP contribution in [-0.2, 0) is 15.6 Å². The van der Waals surface area contributed by atoms with Crippen LogP contribution in [0.3, 0.4) is 0 Å². The summed E-state index contributed by atoms with van der Waals surface area (Å²) in [5.41, 5.74) is 2.02. The lowest BCUT2D eigenvalue weighted by Gasteiger charge is -2.17. The summed E-state index contributed by atoms with van der Waals surface area (Å²) in [7, 11) is -1.13. The third kappa shape index (κ3) is 6.82. The minimum absolute atomic E-state index is 0.241. The molecule has 0 radical (unpaired) electrons. The Balaban J connectivity index is 2.66. The van der Waals surface area contributed by atoms with E-state index in [-0.39, 0.29) is 17.6 Å². The molecule has 116 valence electrons. The van der Waals surface area contributed by atoms with Crippen LogP contribution in [0.1, 0.15) is 12.5 Å². The predicted molar refractivity (Wildman–Crippen MR) is 93.6 cm³/mol. The molecule has 0 bridgehead atoms. The first-order valence-corrected chi connectivity index (χ1v) is 11.3. The van der Waals surface area contributed by atoms with Gasteiger partial charge >= 0.3 is 0 Å². The van der Waals surface area contributed by atoms with Crippen LogP contribution in [0.5, 0.6) is 0 Å². The lowest BCUT2D eigenvalue weighted by molar-refractivity contribution is -0.124. The molecule has 1 rings (SSSR count). The van der Waals surface area contributed by atoms with Crippen molar-refractivity contribution in [1.29, 1.82) is 0 Å². The van der Waals surface area contributed by atoms with E-state index in [9.17, 15) is 9.59 Å². The number of nitrogens with one attached hydrogen (secondary N) is 2. The monoisotopic (exact) mass is 324 g/mol. The van der Waals surface area contributed by atoms with E-state index in [1.165, 1.54) is 12.5 Å². The average Bonchev–Trinajstić information content (AvgIpc) is 2.36. The lowest BCUT2D eigenvalue weighted by Crippen LogP contribution is -2.44. The minimum Gasteiger partial charge on any atom is -0.344 e. The molecule has 0 fully saturated rings. The number of benzene rings is 1. The van der Waals surface area contributed by atoms with Gasteiger partial charge in [-0.25, -0.2) is 0 Å². The lowest BCUT2D eigenvalue weighted by atomic mass is 10.2. The second kappa shape index (κ2) is 7.65. The summed E-state index contributed by atoms with van der Waals surface area (Å²) in [5.74, 6) is -0.230. The molecule has 4 nitrogen and oxygen atoms in total. The van der Waals surface area contributed by atoms with Gasteiger partial charge in [-0.3, -0.25) is 9.59 Å². The first-order valence-electron chi connectivity index (χ1n) is 6.99. The Labute approximate surface area is 133 Å². The molecule has 2 amide bonds. The van der Waals surface area contributed by atoms with Crippen LogP contribution in [0, 0.1) is 0 Å². The molecule has 0 saturated carbocycles. The van der Waals surface area contributed by atoms with E-state index in [0.29, 0.717) is 0 Å². The molecule has 1 aromatic rings. The van der Waals surface area contributed by atoms with Crippen molar-refractivity contribution >= 4 is 38.2 Å². The molecular weight excluding hydrogens is 300 g/mol. The van der Waals surface area contributed by atoms with Crippen molar-refractivity contribution in [2.75, 3.05) is 11.1 Å². The molecule has 1 aromatic carbocycles. The quantitative estimate of drug-likeness (QED) is 0.556. The van der Waals surface area contributed by atoms with Gasteiger partial charge in [0.15, 0.2) is 0 Å². The molecule has 6 heteroatoms. The fraction of sp³-hybridized carbons (Fsp3) is 0.467. The number of carbonyl (C=O) groups excluding carboxylic acids is 2. The highest BCUT2D eigenvalue weighted by Gasteiger charge is 2.18. The van der Waals surface area contributed by atoms with Crippen LogP contribution in [0.4, 0.5) is 5.69 Å². The Kier molecular flexibility index (Phi) is 6.48. The number of carbonyl (C=O) groups is 2. The zero-order valence-corrected chi connectivity index (χ0v) is 15.0. The Morgan fingerprint density at radius 1 is 1.19 bits per heavy atom. The summed E-state index contributed by atoms with van der Waals surface area (Å²) in [6.45, 7) is 8.36. The van der Waals surface area contributed by atoms with Gasteiger partial charge in [-0.05, 0) is 18.2 Å². The van der Waals surface area contributed by atoms with Crippen molar-refractivity contribution in [3.63, 3.8) is 0 Å². The van der Waals surface area contributed by atoms with Gasteiger partial charge < -0.3 is 10.6 Å². The standard InChI is InChI=1S/C15H24N2O2SSi/c1-11(18)16-14(9-20)15(19)17-13-7-5-12(6-8-13)10-21(2,3)4/h5-8,14,20H,9-10H2,1-4H3,(H,16,18)(H,17,19)/t14-/m0/s1. The van der Waals surface area contributed by atoms with E-state index in [1.807, 2.05) is 24.3 Å². The van der Waals surface area contributed by atoms with Crippen molar-refractivity contribution < 1.29 is 9.59 Å². The van der Waals surface area contributed by atoms with Gasteiger partial charge in [-0.15, -0.1) is 0 Å². The van der Waals surface area contributed by atoms with Gasteiger partial charge in [0.25, 0.3) is 0 Å². The average molecular weight is 325 g/mol. The van der Waals surface area contributed by atoms with Gasteiger partial charge in [0.05, 0.1) is 0 Å². The van der Waals surface area contributed by atoms with E-state index in [0.717, 1.165) is 11.7 Å². The van der Waals surface area contributed by atoms with Crippen molar-refractivity contribution in [3.05, 3.63) is 29.8 Å². The molecule has 0 aliphatic heterocycles. The fourth-order valence-electron chi connectivity index (χ4n) is 1.99. The Hall–Kier alpha value is -1.27. The molecule has 0 heterocycles. The van der Waals surface area contributed by atoms with Crippen LogP contribution in [0.15, 0.2) is 24.3 Å². The third-order valence-corrected chi connectivity index (χ3v) is 4.67. The molecule has 2 N–H and O–H groups in total. The highest BCUT2D eigenvalue weighted by atomic mass is 32.1. The second-order valence-electron chi connectivity index (χ2n) is 6.36. The third-order valence-electron chi connectivity index (χ3n) is 2.83. The maximum atomic E-state index is 12.0. The Morgan fingerprint density at radius 3 is 2.19 bits per heavy atom. The number of hydrogen-bond donors (Lipinski definition) is 3. The molecule has 0 unspecified atom stereocenters. The van der Waals surface area contributed by atoms with Crippen molar-refractivity contribution in [2.45, 2.75) is 38.7 Å². The first kappa shape index (κ1) is 17.8. The highest BCUT2D eigenvalue weighted by molar-refractivity contribution is 7.80. The summed E-state index contributed by atoms with van der Waals surface area (Å²) in [6, 6.07) is 8.39. The first-order chi connectivity index (χ1) is 9.71. The molecule has 0 spiro atoms. The van der Waals surface area contributed by atoms with Crippen molar-refractivity contribution in [2.24, 2.45) is 0 Å². The van der Waals surface area contributed by atoms with E-state index < -0.39 is 14.1 Å². The molecule has 21 heavy (non-hydrogen) atoms. The zero-order valence-electron chi connectivity index (χ0n) is 13.1. The number of thiol groups is 1. The zero-order chi connectivity index (χ0) is 16.0. The van der Waals surface area contributed by atoms with Crippen LogP contribution < -0.4 is 10.6 Å². The molecule has 0 aliphatic rings. The second-order valence-corrected chi connectivity index (χ2v) is 12.2. The van der Waals surface area contributed by atoms with Gasteiger partial charge in [-0.2, -0.15) is 12.6 Å².